The first kappa shape index (κ1) is 28.2. The molecule has 0 saturated heterocycles. The summed E-state index contributed by atoms with van der Waals surface area (Å²) >= 11 is 0. The molecule has 8 nitrogen and oxygen atoms in total. The van der Waals surface area contributed by atoms with Crippen molar-refractivity contribution in [3.8, 4) is 17.7 Å². The van der Waals surface area contributed by atoms with E-state index in [1.54, 1.807) is 13.0 Å². The van der Waals surface area contributed by atoms with Crippen LogP contribution in [0.15, 0.2) is 71.8 Å². The number of nitrogens with zero attached hydrogens (tertiary/aromatic N) is 3. The molecule has 39 heavy (non-hydrogen) atoms. The topological polar surface area (TPSA) is 100 Å². The Morgan fingerprint density at radius 1 is 1.15 bits per heavy atom. The molecule has 2 heterocycles. The van der Waals surface area contributed by atoms with Gasteiger partial charge in [-0.05, 0) is 37.3 Å². The van der Waals surface area contributed by atoms with Gasteiger partial charge in [-0.2, -0.15) is 4.31 Å². The molecule has 0 radical (unpaired) electrons. The summed E-state index contributed by atoms with van der Waals surface area (Å²) in [6, 6.07) is 15.6. The van der Waals surface area contributed by atoms with E-state index in [9.17, 15) is 22.7 Å². The molecule has 2 aromatic carbocycles. The Balaban J connectivity index is 1.69. The Morgan fingerprint density at radius 3 is 2.51 bits per heavy atom. The van der Waals surface area contributed by atoms with E-state index >= 15 is 0 Å². The van der Waals surface area contributed by atoms with E-state index in [0.29, 0.717) is 5.56 Å². The van der Waals surface area contributed by atoms with Gasteiger partial charge in [0.25, 0.3) is 5.91 Å². The predicted molar refractivity (Wildman–Crippen MR) is 144 cm³/mol. The van der Waals surface area contributed by atoms with Crippen LogP contribution in [-0.4, -0.2) is 72.5 Å². The Kier molecular flexibility index (Phi) is 8.65. The van der Waals surface area contributed by atoms with Gasteiger partial charge in [-0.1, -0.05) is 49.1 Å². The van der Waals surface area contributed by atoms with Crippen molar-refractivity contribution < 1.29 is 27.4 Å². The lowest BCUT2D eigenvalue weighted by atomic mass is 10.0. The predicted octanol–water partition coefficient (Wildman–Crippen LogP) is 3.16. The third-order valence-electron chi connectivity index (χ3n) is 6.61. The third kappa shape index (κ3) is 6.28. The molecular formula is C29H30FN3O5S. The van der Waals surface area contributed by atoms with Gasteiger partial charge in [-0.15, -0.1) is 0 Å². The largest absolute Gasteiger partial charge is 0.472 e. The molecule has 0 fully saturated rings. The van der Waals surface area contributed by atoms with Crippen molar-refractivity contribution in [2.24, 2.45) is 5.92 Å². The maximum absolute atomic E-state index is 14.3. The SMILES string of the molecule is C[C@H](CO)N1C[C@H](C)[C@H](CN(C)S(=O)(=O)c2ccccc2F)Oc2ncc(C#Cc3ccccc3)cc2C1=O. The van der Waals surface area contributed by atoms with Gasteiger partial charge in [0.1, 0.15) is 22.4 Å². The highest BCUT2D eigenvalue weighted by molar-refractivity contribution is 7.89. The van der Waals surface area contributed by atoms with E-state index in [4.69, 9.17) is 4.74 Å². The van der Waals surface area contributed by atoms with E-state index in [0.717, 1.165) is 15.9 Å². The summed E-state index contributed by atoms with van der Waals surface area (Å²) < 4.78 is 47.8. The number of fused-ring (bicyclic) bond motifs is 1. The van der Waals surface area contributed by atoms with Crippen LogP contribution in [0, 0.1) is 23.6 Å². The Morgan fingerprint density at radius 2 is 1.82 bits per heavy atom. The quantitative estimate of drug-likeness (QED) is 0.473. The average molecular weight is 552 g/mol. The number of likely N-dealkylation sites (N-methyl/N-ethyl adjacent to an activating group) is 1. The number of aliphatic hydroxyl groups is 1. The van der Waals surface area contributed by atoms with E-state index in [-0.39, 0.29) is 43.0 Å². The first-order valence-corrected chi connectivity index (χ1v) is 13.9. The van der Waals surface area contributed by atoms with Crippen molar-refractivity contribution in [1.82, 2.24) is 14.2 Å². The highest BCUT2D eigenvalue weighted by atomic mass is 32.2. The maximum atomic E-state index is 14.3. The van der Waals surface area contributed by atoms with Gasteiger partial charge in [0, 0.05) is 36.8 Å². The highest BCUT2D eigenvalue weighted by Gasteiger charge is 2.36. The van der Waals surface area contributed by atoms with Crippen molar-refractivity contribution >= 4 is 15.9 Å². The third-order valence-corrected chi connectivity index (χ3v) is 8.46. The molecule has 1 amide bonds. The zero-order valence-electron chi connectivity index (χ0n) is 21.9. The van der Waals surface area contributed by atoms with Gasteiger partial charge in [-0.25, -0.2) is 17.8 Å². The van der Waals surface area contributed by atoms with Crippen LogP contribution in [0.25, 0.3) is 0 Å². The number of carbonyl (C=O) groups excluding carboxylic acids is 1. The van der Waals surface area contributed by atoms with Crippen LogP contribution in [0.5, 0.6) is 5.88 Å². The van der Waals surface area contributed by atoms with E-state index in [2.05, 4.69) is 16.8 Å². The number of ether oxygens (including phenoxy) is 1. The van der Waals surface area contributed by atoms with Gasteiger partial charge in [0.05, 0.1) is 19.2 Å². The molecule has 10 heteroatoms. The van der Waals surface area contributed by atoms with Crippen molar-refractivity contribution in [3.63, 3.8) is 0 Å². The number of hydrogen-bond donors (Lipinski definition) is 1. The molecule has 4 rings (SSSR count). The maximum Gasteiger partial charge on any atom is 0.259 e. The lowest BCUT2D eigenvalue weighted by Crippen LogP contribution is -2.50. The smallest absolute Gasteiger partial charge is 0.259 e. The molecule has 3 atom stereocenters. The molecule has 0 spiro atoms. The zero-order valence-corrected chi connectivity index (χ0v) is 22.7. The molecule has 1 aliphatic heterocycles. The van der Waals surface area contributed by atoms with Gasteiger partial charge >= 0.3 is 0 Å². The van der Waals surface area contributed by atoms with Crippen molar-refractivity contribution in [2.45, 2.75) is 30.9 Å². The number of carbonyl (C=O) groups is 1. The molecule has 3 aromatic rings. The number of rotatable bonds is 6. The Hall–Kier alpha value is -3.78. The molecule has 0 unspecified atom stereocenters. The summed E-state index contributed by atoms with van der Waals surface area (Å²) in [6.45, 7) is 3.36. The number of pyridine rings is 1. The number of halogens is 1. The molecule has 1 N–H and O–H groups in total. The van der Waals surface area contributed by atoms with Crippen LogP contribution in [0.3, 0.4) is 0 Å². The lowest BCUT2D eigenvalue weighted by molar-refractivity contribution is 0.0373. The van der Waals surface area contributed by atoms with Gasteiger partial charge in [-0.3, -0.25) is 4.79 Å². The second-order valence-corrected chi connectivity index (χ2v) is 11.5. The van der Waals surface area contributed by atoms with Crippen molar-refractivity contribution in [2.75, 3.05) is 26.7 Å². The summed E-state index contributed by atoms with van der Waals surface area (Å²) in [5, 5.41) is 9.85. The number of benzene rings is 2. The standard InChI is InChI=1S/C29H30FN3O5S/c1-20-17-33(21(2)19-34)29(35)24-15-23(14-13-22-9-5-4-6-10-22)16-31-28(24)38-26(20)18-32(3)39(36,37)27-12-8-7-11-25(27)30/h4-12,15-16,20-21,26,34H,17-19H2,1-3H3/t20-,21+,26-/m0/s1. The first-order valence-electron chi connectivity index (χ1n) is 12.5. The summed E-state index contributed by atoms with van der Waals surface area (Å²) in [5.41, 5.74) is 1.46. The van der Waals surface area contributed by atoms with Crippen LogP contribution < -0.4 is 4.74 Å². The summed E-state index contributed by atoms with van der Waals surface area (Å²) in [5.74, 6) is 4.51. The summed E-state index contributed by atoms with van der Waals surface area (Å²) in [6.07, 6.45) is 0.760. The number of sulfonamides is 1. The molecule has 1 aliphatic rings. The highest BCUT2D eigenvalue weighted by Crippen LogP contribution is 2.28. The van der Waals surface area contributed by atoms with E-state index < -0.39 is 32.9 Å². The number of aromatic nitrogens is 1. The van der Waals surface area contributed by atoms with Crippen LogP contribution in [-0.2, 0) is 10.0 Å². The van der Waals surface area contributed by atoms with Crippen LogP contribution >= 0.6 is 0 Å². The van der Waals surface area contributed by atoms with Crippen molar-refractivity contribution in [1.29, 1.82) is 0 Å². The average Bonchev–Trinajstić information content (AvgIpc) is 2.94. The fourth-order valence-corrected chi connectivity index (χ4v) is 5.47. The molecule has 0 aliphatic carbocycles. The van der Waals surface area contributed by atoms with E-state index in [1.165, 1.54) is 36.3 Å². The molecule has 0 bridgehead atoms. The number of aliphatic hydroxyl groups excluding tert-OH is 1. The number of amides is 1. The molecule has 204 valence electrons. The van der Waals surface area contributed by atoms with Gasteiger partial charge in [0.15, 0.2) is 0 Å². The minimum Gasteiger partial charge on any atom is -0.472 e. The van der Waals surface area contributed by atoms with Gasteiger partial charge in [0.2, 0.25) is 15.9 Å². The molecule has 0 saturated carbocycles. The molecular weight excluding hydrogens is 521 g/mol. The molecule has 1 aromatic heterocycles. The fraction of sp³-hybridized carbons (Fsp3) is 0.310. The first-order chi connectivity index (χ1) is 18.6. The van der Waals surface area contributed by atoms with Crippen LogP contribution in [0.1, 0.15) is 35.3 Å². The second kappa shape index (κ2) is 11.9. The minimum absolute atomic E-state index is 0.0358. The van der Waals surface area contributed by atoms with Crippen LogP contribution in [0.4, 0.5) is 4.39 Å². The van der Waals surface area contributed by atoms with Crippen LogP contribution in [0.2, 0.25) is 0 Å². The lowest BCUT2D eigenvalue weighted by Gasteiger charge is -2.37. The zero-order chi connectivity index (χ0) is 28.2. The second-order valence-electron chi connectivity index (χ2n) is 9.53. The Labute approximate surface area is 228 Å². The minimum atomic E-state index is -4.16. The van der Waals surface area contributed by atoms with Crippen molar-refractivity contribution in [3.05, 3.63) is 89.4 Å². The Bertz CT molecular complexity index is 1500. The summed E-state index contributed by atoms with van der Waals surface area (Å²) in [4.78, 5) is 19.0. The van der Waals surface area contributed by atoms with Gasteiger partial charge < -0.3 is 14.7 Å². The summed E-state index contributed by atoms with van der Waals surface area (Å²) in [7, 11) is -2.80. The fourth-order valence-electron chi connectivity index (χ4n) is 4.23. The number of hydrogen-bond acceptors (Lipinski definition) is 6. The van der Waals surface area contributed by atoms with E-state index in [1.807, 2.05) is 37.3 Å². The normalized spacial score (nSPS) is 18.3. The monoisotopic (exact) mass is 551 g/mol.